The topological polar surface area (TPSA) is 29.1 Å². The van der Waals surface area contributed by atoms with Crippen molar-refractivity contribution < 1.29 is 4.79 Å². The molecule has 0 fully saturated rings. The summed E-state index contributed by atoms with van der Waals surface area (Å²) in [7, 11) is 0. The van der Waals surface area contributed by atoms with E-state index in [4.69, 9.17) is 11.6 Å². The molecule has 0 saturated carbocycles. The normalized spacial score (nSPS) is 12.2. The molecular weight excluding hydrogens is 198 g/mol. The van der Waals surface area contributed by atoms with Crippen molar-refractivity contribution in [3.8, 4) is 0 Å². The second kappa shape index (κ2) is 7.86. The lowest BCUT2D eigenvalue weighted by Gasteiger charge is -2.13. The molecule has 1 amide bonds. The number of carbonyl (C=O) groups is 1. The Morgan fingerprint density at radius 3 is 2.57 bits per heavy atom. The minimum absolute atomic E-state index is 0.0998. The Kier molecular flexibility index (Phi) is 7.58. The summed E-state index contributed by atoms with van der Waals surface area (Å²) in [6, 6.07) is 0. The van der Waals surface area contributed by atoms with Crippen LogP contribution in [0.25, 0.3) is 0 Å². The molecule has 0 aromatic heterocycles. The molecule has 2 nitrogen and oxygen atoms in total. The summed E-state index contributed by atoms with van der Waals surface area (Å²) < 4.78 is 0. The monoisotopic (exact) mass is 217 g/mol. The third-order valence-electron chi connectivity index (χ3n) is 2.22. The molecule has 0 radical (unpaired) electrons. The van der Waals surface area contributed by atoms with E-state index in [1.54, 1.807) is 0 Å². The first kappa shape index (κ1) is 13.5. The molecule has 0 heterocycles. The van der Waals surface area contributed by atoms with Gasteiger partial charge in [-0.2, -0.15) is 0 Å². The van der Waals surface area contributed by atoms with E-state index in [1.807, 2.05) is 6.92 Å². The van der Waals surface area contributed by atoms with Crippen LogP contribution in [0.5, 0.6) is 0 Å². The standard InChI is InChI=1S/C11H20ClNO/c1-4-6-7-10(5-2)11(14)13-8-9(3)12/h10H,3-8H2,1-2H3,(H,13,14). The second-order valence-electron chi connectivity index (χ2n) is 3.48. The second-order valence-corrected chi connectivity index (χ2v) is 4.02. The van der Waals surface area contributed by atoms with Gasteiger partial charge < -0.3 is 5.32 Å². The number of hydrogen-bond acceptors (Lipinski definition) is 1. The Balaban J connectivity index is 3.85. The minimum atomic E-state index is 0.0998. The van der Waals surface area contributed by atoms with Gasteiger partial charge in [0, 0.05) is 11.0 Å². The van der Waals surface area contributed by atoms with Crippen LogP contribution >= 0.6 is 11.6 Å². The van der Waals surface area contributed by atoms with Gasteiger partial charge in [0.1, 0.15) is 0 Å². The molecule has 3 heteroatoms. The SMILES string of the molecule is C=C(Cl)CNC(=O)C(CC)CCCC. The summed E-state index contributed by atoms with van der Waals surface area (Å²) in [5.41, 5.74) is 0. The highest BCUT2D eigenvalue weighted by Crippen LogP contribution is 2.12. The van der Waals surface area contributed by atoms with E-state index >= 15 is 0 Å². The Bertz CT molecular complexity index is 192. The van der Waals surface area contributed by atoms with Crippen LogP contribution in [-0.4, -0.2) is 12.5 Å². The Morgan fingerprint density at radius 1 is 1.50 bits per heavy atom. The van der Waals surface area contributed by atoms with Gasteiger partial charge in [-0.15, -0.1) is 0 Å². The number of hydrogen-bond donors (Lipinski definition) is 1. The summed E-state index contributed by atoms with van der Waals surface area (Å²) in [6.45, 7) is 8.07. The van der Waals surface area contributed by atoms with Crippen molar-refractivity contribution in [3.05, 3.63) is 11.6 Å². The van der Waals surface area contributed by atoms with Crippen LogP contribution in [0.3, 0.4) is 0 Å². The molecule has 0 aliphatic heterocycles. The summed E-state index contributed by atoms with van der Waals surface area (Å²) >= 11 is 5.56. The van der Waals surface area contributed by atoms with Crippen LogP contribution in [0.4, 0.5) is 0 Å². The summed E-state index contributed by atoms with van der Waals surface area (Å²) in [6.07, 6.45) is 4.09. The van der Waals surface area contributed by atoms with Crippen LogP contribution < -0.4 is 5.32 Å². The maximum Gasteiger partial charge on any atom is 0.223 e. The summed E-state index contributed by atoms with van der Waals surface area (Å²) in [4.78, 5) is 11.6. The number of rotatable bonds is 7. The molecular formula is C11H20ClNO. The minimum Gasteiger partial charge on any atom is -0.351 e. The average Bonchev–Trinajstić information content (AvgIpc) is 2.16. The molecule has 0 aliphatic carbocycles. The van der Waals surface area contributed by atoms with Crippen molar-refractivity contribution in [2.75, 3.05) is 6.54 Å². The van der Waals surface area contributed by atoms with Gasteiger partial charge in [-0.1, -0.05) is 44.9 Å². The van der Waals surface area contributed by atoms with Crippen molar-refractivity contribution >= 4 is 17.5 Å². The zero-order chi connectivity index (χ0) is 11.0. The molecule has 14 heavy (non-hydrogen) atoms. The molecule has 1 atom stereocenters. The number of nitrogens with one attached hydrogen (secondary N) is 1. The van der Waals surface area contributed by atoms with Crippen molar-refractivity contribution in [1.82, 2.24) is 5.32 Å². The lowest BCUT2D eigenvalue weighted by molar-refractivity contribution is -0.125. The molecule has 0 rings (SSSR count). The number of amides is 1. The van der Waals surface area contributed by atoms with E-state index in [0.717, 1.165) is 25.7 Å². The molecule has 0 aromatic carbocycles. The Morgan fingerprint density at radius 2 is 2.14 bits per heavy atom. The predicted molar refractivity (Wildman–Crippen MR) is 61.3 cm³/mol. The summed E-state index contributed by atoms with van der Waals surface area (Å²) in [5, 5.41) is 3.25. The largest absolute Gasteiger partial charge is 0.351 e. The zero-order valence-corrected chi connectivity index (χ0v) is 9.86. The van der Waals surface area contributed by atoms with E-state index in [1.165, 1.54) is 0 Å². The lowest BCUT2D eigenvalue weighted by atomic mass is 9.98. The van der Waals surface area contributed by atoms with Gasteiger partial charge in [0.05, 0.1) is 6.54 Å². The smallest absolute Gasteiger partial charge is 0.223 e. The third-order valence-corrected chi connectivity index (χ3v) is 2.36. The zero-order valence-electron chi connectivity index (χ0n) is 9.11. The molecule has 1 unspecified atom stereocenters. The van der Waals surface area contributed by atoms with E-state index in [9.17, 15) is 4.79 Å². The fraction of sp³-hybridized carbons (Fsp3) is 0.727. The highest BCUT2D eigenvalue weighted by Gasteiger charge is 2.14. The van der Waals surface area contributed by atoms with Crippen molar-refractivity contribution in [2.24, 2.45) is 5.92 Å². The highest BCUT2D eigenvalue weighted by atomic mass is 35.5. The first-order chi connectivity index (χ1) is 6.61. The molecule has 0 spiro atoms. The third kappa shape index (κ3) is 6.03. The van der Waals surface area contributed by atoms with Crippen molar-refractivity contribution in [1.29, 1.82) is 0 Å². The van der Waals surface area contributed by atoms with E-state index in [2.05, 4.69) is 18.8 Å². The predicted octanol–water partition coefficient (Wildman–Crippen LogP) is 3.07. The Hall–Kier alpha value is -0.500. The number of halogens is 1. The molecule has 0 bridgehead atoms. The number of unbranched alkanes of at least 4 members (excludes halogenated alkanes) is 1. The van der Waals surface area contributed by atoms with Gasteiger partial charge >= 0.3 is 0 Å². The van der Waals surface area contributed by atoms with E-state index < -0.39 is 0 Å². The molecule has 0 aliphatic rings. The summed E-state index contributed by atoms with van der Waals surface area (Å²) in [5.74, 6) is 0.230. The molecule has 1 N–H and O–H groups in total. The van der Waals surface area contributed by atoms with Gasteiger partial charge in [-0.3, -0.25) is 4.79 Å². The van der Waals surface area contributed by atoms with Crippen molar-refractivity contribution in [3.63, 3.8) is 0 Å². The van der Waals surface area contributed by atoms with Gasteiger partial charge in [-0.25, -0.2) is 0 Å². The fourth-order valence-electron chi connectivity index (χ4n) is 1.30. The van der Waals surface area contributed by atoms with Crippen LogP contribution in [-0.2, 0) is 4.79 Å². The maximum absolute atomic E-state index is 11.6. The van der Waals surface area contributed by atoms with Gasteiger partial charge in [0.25, 0.3) is 0 Å². The molecule has 82 valence electrons. The first-order valence-corrected chi connectivity index (χ1v) is 5.60. The van der Waals surface area contributed by atoms with Crippen molar-refractivity contribution in [2.45, 2.75) is 39.5 Å². The van der Waals surface area contributed by atoms with Gasteiger partial charge in [-0.05, 0) is 12.8 Å². The molecule has 0 aromatic rings. The van der Waals surface area contributed by atoms with Crippen LogP contribution in [0.1, 0.15) is 39.5 Å². The van der Waals surface area contributed by atoms with Crippen LogP contribution in [0, 0.1) is 5.92 Å². The average molecular weight is 218 g/mol. The first-order valence-electron chi connectivity index (χ1n) is 5.22. The van der Waals surface area contributed by atoms with E-state index in [0.29, 0.717) is 11.6 Å². The van der Waals surface area contributed by atoms with Crippen LogP contribution in [0.15, 0.2) is 11.6 Å². The Labute approximate surface area is 91.7 Å². The molecule has 0 saturated heterocycles. The maximum atomic E-state index is 11.6. The van der Waals surface area contributed by atoms with Crippen LogP contribution in [0.2, 0.25) is 0 Å². The van der Waals surface area contributed by atoms with Gasteiger partial charge in [0.15, 0.2) is 0 Å². The van der Waals surface area contributed by atoms with Gasteiger partial charge in [0.2, 0.25) is 5.91 Å². The number of carbonyl (C=O) groups excluding carboxylic acids is 1. The highest BCUT2D eigenvalue weighted by molar-refractivity contribution is 6.29. The fourth-order valence-corrected chi connectivity index (χ4v) is 1.37. The van der Waals surface area contributed by atoms with E-state index in [-0.39, 0.29) is 11.8 Å². The quantitative estimate of drug-likeness (QED) is 0.698. The lowest BCUT2D eigenvalue weighted by Crippen LogP contribution is -2.31.